The summed E-state index contributed by atoms with van der Waals surface area (Å²) < 4.78 is 0. The molecule has 6 heteroatoms. The summed E-state index contributed by atoms with van der Waals surface area (Å²) in [5.74, 6) is -0.663. The molecule has 4 nitrogen and oxygen atoms in total. The molecule has 25 heavy (non-hydrogen) atoms. The van der Waals surface area contributed by atoms with Gasteiger partial charge in [-0.2, -0.15) is 0 Å². The second kappa shape index (κ2) is 7.56. The number of carbonyl (C=O) groups excluding carboxylic acids is 2. The zero-order chi connectivity index (χ0) is 18.0. The van der Waals surface area contributed by atoms with Crippen LogP contribution in [0.25, 0.3) is 0 Å². The summed E-state index contributed by atoms with van der Waals surface area (Å²) in [6, 6.07) is 14.8. The smallest absolute Gasteiger partial charge is 0.238 e. The maximum absolute atomic E-state index is 12.6. The van der Waals surface area contributed by atoms with Crippen LogP contribution in [0.3, 0.4) is 0 Å². The van der Waals surface area contributed by atoms with Crippen LogP contribution in [0.5, 0.6) is 0 Å². The zero-order valence-electron chi connectivity index (χ0n) is 13.8. The molecule has 0 aromatic heterocycles. The average Bonchev–Trinajstić information content (AvgIpc) is 2.87. The summed E-state index contributed by atoms with van der Waals surface area (Å²) in [6.07, 6.45) is 0.226. The molecule has 0 aliphatic carbocycles. The van der Waals surface area contributed by atoms with Crippen LogP contribution in [0, 0.1) is 0 Å². The third-order valence-electron chi connectivity index (χ3n) is 4.27. The Balaban J connectivity index is 1.66. The molecule has 1 saturated heterocycles. The van der Waals surface area contributed by atoms with E-state index >= 15 is 0 Å². The molecule has 0 bridgehead atoms. The Labute approximate surface area is 156 Å². The number of likely N-dealkylation sites (tertiary alicyclic amines) is 1. The number of nitrogens with zero attached hydrogens (tertiary/aromatic N) is 2. The van der Waals surface area contributed by atoms with Crippen LogP contribution < -0.4 is 0 Å². The van der Waals surface area contributed by atoms with E-state index in [1.54, 1.807) is 12.1 Å². The van der Waals surface area contributed by atoms with E-state index < -0.39 is 0 Å². The van der Waals surface area contributed by atoms with E-state index in [9.17, 15) is 9.59 Å². The second-order valence-electron chi connectivity index (χ2n) is 6.23. The molecule has 1 atom stereocenters. The molecule has 1 heterocycles. The molecule has 1 aliphatic heterocycles. The number of halogens is 2. The van der Waals surface area contributed by atoms with E-state index in [1.165, 1.54) is 4.90 Å². The summed E-state index contributed by atoms with van der Waals surface area (Å²) in [7, 11) is 1.86. The molecular formula is C19H18Cl2N2O2. The van der Waals surface area contributed by atoms with Gasteiger partial charge in [0.05, 0.1) is 22.6 Å². The van der Waals surface area contributed by atoms with Crippen LogP contribution in [0.4, 0.5) is 0 Å². The minimum absolute atomic E-state index is 0.139. The third kappa shape index (κ3) is 4.03. The lowest BCUT2D eigenvalue weighted by atomic mass is 9.98. The Kier molecular flexibility index (Phi) is 5.42. The highest BCUT2D eigenvalue weighted by Crippen LogP contribution is 2.29. The molecule has 2 amide bonds. The first-order valence-electron chi connectivity index (χ1n) is 7.97. The predicted octanol–water partition coefficient (Wildman–Crippen LogP) is 3.93. The lowest BCUT2D eigenvalue weighted by Crippen LogP contribution is -2.39. The maximum atomic E-state index is 12.6. The number of carbonyl (C=O) groups is 2. The van der Waals surface area contributed by atoms with Crippen LogP contribution in [-0.4, -0.2) is 35.3 Å². The molecule has 0 N–H and O–H groups in total. The molecule has 0 saturated carbocycles. The van der Waals surface area contributed by atoms with Crippen LogP contribution in [0.1, 0.15) is 23.5 Å². The Morgan fingerprint density at radius 3 is 2.48 bits per heavy atom. The number of hydrogen-bond donors (Lipinski definition) is 0. The van der Waals surface area contributed by atoms with Crippen molar-refractivity contribution in [2.75, 3.05) is 13.7 Å². The number of rotatable bonds is 5. The van der Waals surface area contributed by atoms with Gasteiger partial charge in [0, 0.05) is 13.0 Å². The van der Waals surface area contributed by atoms with E-state index in [4.69, 9.17) is 23.2 Å². The van der Waals surface area contributed by atoms with Gasteiger partial charge in [-0.05, 0) is 30.3 Å². The van der Waals surface area contributed by atoms with E-state index in [-0.39, 0.29) is 30.8 Å². The molecular weight excluding hydrogens is 359 g/mol. The first-order chi connectivity index (χ1) is 12.0. The number of hydrogen-bond acceptors (Lipinski definition) is 3. The van der Waals surface area contributed by atoms with Crippen LogP contribution in [-0.2, 0) is 16.1 Å². The molecule has 0 spiro atoms. The van der Waals surface area contributed by atoms with Gasteiger partial charge in [-0.1, -0.05) is 59.6 Å². The normalized spacial score (nSPS) is 17.6. The molecule has 0 unspecified atom stereocenters. The second-order valence-corrected chi connectivity index (χ2v) is 7.05. The fourth-order valence-corrected chi connectivity index (χ4v) is 3.34. The summed E-state index contributed by atoms with van der Waals surface area (Å²) in [5, 5.41) is 0.994. The van der Waals surface area contributed by atoms with Gasteiger partial charge in [-0.15, -0.1) is 0 Å². The van der Waals surface area contributed by atoms with Crippen molar-refractivity contribution in [1.29, 1.82) is 0 Å². The lowest BCUT2D eigenvalue weighted by Gasteiger charge is -2.23. The lowest BCUT2D eigenvalue weighted by molar-refractivity contribution is -0.141. The maximum Gasteiger partial charge on any atom is 0.238 e. The van der Waals surface area contributed by atoms with E-state index in [0.29, 0.717) is 16.6 Å². The van der Waals surface area contributed by atoms with Crippen LogP contribution in [0.2, 0.25) is 10.0 Å². The van der Waals surface area contributed by atoms with Crippen molar-refractivity contribution in [2.24, 2.45) is 0 Å². The molecule has 3 rings (SSSR count). The van der Waals surface area contributed by atoms with Gasteiger partial charge in [0.25, 0.3) is 0 Å². The molecule has 2 aromatic carbocycles. The number of imide groups is 1. The van der Waals surface area contributed by atoms with Crippen molar-refractivity contribution in [2.45, 2.75) is 18.9 Å². The minimum Gasteiger partial charge on any atom is -0.284 e. The first-order valence-corrected chi connectivity index (χ1v) is 8.73. The van der Waals surface area contributed by atoms with Crippen molar-refractivity contribution in [3.8, 4) is 0 Å². The van der Waals surface area contributed by atoms with E-state index in [1.807, 2.05) is 48.3 Å². The Bertz CT molecular complexity index is 795. The van der Waals surface area contributed by atoms with Crippen LogP contribution >= 0.6 is 23.2 Å². The topological polar surface area (TPSA) is 40.6 Å². The average molecular weight is 377 g/mol. The van der Waals surface area contributed by atoms with Gasteiger partial charge in [0.2, 0.25) is 11.8 Å². The highest BCUT2D eigenvalue weighted by molar-refractivity contribution is 6.42. The van der Waals surface area contributed by atoms with Gasteiger partial charge in [-0.25, -0.2) is 0 Å². The van der Waals surface area contributed by atoms with Crippen molar-refractivity contribution < 1.29 is 9.59 Å². The summed E-state index contributed by atoms with van der Waals surface area (Å²) in [4.78, 5) is 28.2. The fourth-order valence-electron chi connectivity index (χ4n) is 3.02. The SMILES string of the molecule is CN(Cc1ccc(Cl)c(Cl)c1)CN1C(=O)C[C@H](c2ccccc2)C1=O. The number of benzene rings is 2. The summed E-state index contributed by atoms with van der Waals surface area (Å²) in [6.45, 7) is 0.811. The quantitative estimate of drug-likeness (QED) is 0.742. The zero-order valence-corrected chi connectivity index (χ0v) is 15.3. The monoisotopic (exact) mass is 376 g/mol. The summed E-state index contributed by atoms with van der Waals surface area (Å²) in [5.41, 5.74) is 1.85. The van der Waals surface area contributed by atoms with Crippen molar-refractivity contribution in [1.82, 2.24) is 9.80 Å². The van der Waals surface area contributed by atoms with Gasteiger partial charge in [-0.3, -0.25) is 19.4 Å². The Hall–Kier alpha value is -1.88. The fraction of sp³-hybridized carbons (Fsp3) is 0.263. The first kappa shape index (κ1) is 17.9. The standard InChI is InChI=1S/C19H18Cl2N2O2/c1-22(11-13-7-8-16(20)17(21)9-13)12-23-18(24)10-15(19(23)25)14-5-3-2-4-6-14/h2-9,15H,10-12H2,1H3/t15-/m1/s1. The molecule has 1 aliphatic rings. The Morgan fingerprint density at radius 2 is 1.80 bits per heavy atom. The summed E-state index contributed by atoms with van der Waals surface area (Å²) >= 11 is 12.0. The van der Waals surface area contributed by atoms with Crippen molar-refractivity contribution in [3.63, 3.8) is 0 Å². The van der Waals surface area contributed by atoms with E-state index in [2.05, 4.69) is 0 Å². The van der Waals surface area contributed by atoms with Crippen LogP contribution in [0.15, 0.2) is 48.5 Å². The highest BCUT2D eigenvalue weighted by Gasteiger charge is 2.39. The van der Waals surface area contributed by atoms with Gasteiger partial charge in [0.1, 0.15) is 0 Å². The van der Waals surface area contributed by atoms with Gasteiger partial charge in [0.15, 0.2) is 0 Å². The predicted molar refractivity (Wildman–Crippen MR) is 98.4 cm³/mol. The minimum atomic E-state index is -0.382. The van der Waals surface area contributed by atoms with Crippen molar-refractivity contribution in [3.05, 3.63) is 69.7 Å². The van der Waals surface area contributed by atoms with Crippen molar-refractivity contribution >= 4 is 35.0 Å². The molecule has 130 valence electrons. The molecule has 1 fully saturated rings. The highest BCUT2D eigenvalue weighted by atomic mass is 35.5. The van der Waals surface area contributed by atoms with Gasteiger partial charge < -0.3 is 0 Å². The number of amides is 2. The van der Waals surface area contributed by atoms with Gasteiger partial charge >= 0.3 is 0 Å². The molecule has 2 aromatic rings. The van der Waals surface area contributed by atoms with E-state index in [0.717, 1.165) is 11.1 Å². The third-order valence-corrected chi connectivity index (χ3v) is 5.00. The Morgan fingerprint density at radius 1 is 1.08 bits per heavy atom. The molecule has 0 radical (unpaired) electrons. The largest absolute Gasteiger partial charge is 0.284 e.